The fourth-order valence-corrected chi connectivity index (χ4v) is 6.51. The second-order valence-corrected chi connectivity index (χ2v) is 10.9. The van der Waals surface area contributed by atoms with Crippen LogP contribution in [0.5, 0.6) is 0 Å². The highest BCUT2D eigenvalue weighted by atomic mass is 14.2. The van der Waals surface area contributed by atoms with Crippen LogP contribution < -0.4 is 0 Å². The van der Waals surface area contributed by atoms with Crippen LogP contribution in [0, 0.1) is 0 Å². The molecule has 0 saturated carbocycles. The highest BCUT2D eigenvalue weighted by Gasteiger charge is 2.17. The minimum absolute atomic E-state index is 1.22. The van der Waals surface area contributed by atoms with E-state index in [0.717, 1.165) is 0 Å². The number of hydrogen-bond acceptors (Lipinski definition) is 0. The van der Waals surface area contributed by atoms with E-state index >= 15 is 0 Å². The molecule has 0 N–H and O–H groups in total. The summed E-state index contributed by atoms with van der Waals surface area (Å²) < 4.78 is 0. The van der Waals surface area contributed by atoms with Gasteiger partial charge >= 0.3 is 0 Å². The van der Waals surface area contributed by atoms with Crippen molar-refractivity contribution < 1.29 is 0 Å². The summed E-state index contributed by atoms with van der Waals surface area (Å²) in [6, 6.07) is 61.7. The van der Waals surface area contributed by atoms with Gasteiger partial charge in [0.25, 0.3) is 0 Å². The molecular weight excluding hydrogens is 504 g/mol. The van der Waals surface area contributed by atoms with Gasteiger partial charge in [-0.2, -0.15) is 0 Å². The fraction of sp³-hybridized carbons (Fsp3) is 0. The van der Waals surface area contributed by atoms with Crippen molar-refractivity contribution in [2.75, 3.05) is 0 Å². The third kappa shape index (κ3) is 4.08. The van der Waals surface area contributed by atoms with Crippen molar-refractivity contribution in [2.45, 2.75) is 0 Å². The largest absolute Gasteiger partial charge is 0.0622 e. The zero-order valence-corrected chi connectivity index (χ0v) is 23.2. The van der Waals surface area contributed by atoms with Gasteiger partial charge in [0.15, 0.2) is 0 Å². The van der Waals surface area contributed by atoms with E-state index in [4.69, 9.17) is 0 Å². The van der Waals surface area contributed by atoms with E-state index in [0.29, 0.717) is 0 Å². The van der Waals surface area contributed by atoms with Crippen LogP contribution in [0.3, 0.4) is 0 Å². The van der Waals surface area contributed by atoms with Gasteiger partial charge in [0, 0.05) is 0 Å². The first-order valence-electron chi connectivity index (χ1n) is 14.5. The van der Waals surface area contributed by atoms with Crippen LogP contribution in [0.1, 0.15) is 0 Å². The fourth-order valence-electron chi connectivity index (χ4n) is 6.51. The predicted molar refractivity (Wildman–Crippen MR) is 181 cm³/mol. The highest BCUT2D eigenvalue weighted by Crippen LogP contribution is 2.44. The molecule has 8 rings (SSSR count). The third-order valence-electron chi connectivity index (χ3n) is 8.47. The van der Waals surface area contributed by atoms with Gasteiger partial charge in [-0.1, -0.05) is 164 Å². The summed E-state index contributed by atoms with van der Waals surface area (Å²) in [4.78, 5) is 0. The highest BCUT2D eigenvalue weighted by molar-refractivity contribution is 6.22. The molecule has 0 atom stereocenters. The Morgan fingerprint density at radius 2 is 0.714 bits per heavy atom. The molecule has 0 aliphatic carbocycles. The van der Waals surface area contributed by atoms with Crippen LogP contribution in [0.15, 0.2) is 170 Å². The van der Waals surface area contributed by atoms with Crippen LogP contribution >= 0.6 is 0 Å². The Kier molecular flexibility index (Phi) is 5.90. The van der Waals surface area contributed by atoms with Gasteiger partial charge in [-0.15, -0.1) is 0 Å². The van der Waals surface area contributed by atoms with Gasteiger partial charge < -0.3 is 0 Å². The molecule has 0 spiro atoms. The van der Waals surface area contributed by atoms with E-state index < -0.39 is 0 Å². The summed E-state index contributed by atoms with van der Waals surface area (Å²) in [5, 5.41) is 7.65. The molecule has 0 saturated heterocycles. The lowest BCUT2D eigenvalue weighted by Crippen LogP contribution is -1.91. The number of benzene rings is 8. The number of fused-ring (bicyclic) bond motifs is 3. The standard InChI is InChI=1S/C42H28/c1-3-13-32(14-4-1)41-37-19-9-10-20-38(37)42(33-15-5-2-6-16-33)40-28-34(26-27-39(40)41)29-22-24-31(25-23-29)36-21-11-17-30-12-7-8-18-35(30)36/h1-28H. The third-order valence-corrected chi connectivity index (χ3v) is 8.47. The lowest BCUT2D eigenvalue weighted by molar-refractivity contribution is 1.61. The molecule has 0 aliphatic heterocycles. The summed E-state index contributed by atoms with van der Waals surface area (Å²) >= 11 is 0. The molecule has 196 valence electrons. The van der Waals surface area contributed by atoms with E-state index in [1.807, 2.05) is 0 Å². The molecule has 0 heterocycles. The van der Waals surface area contributed by atoms with E-state index in [9.17, 15) is 0 Å². The molecule has 0 heteroatoms. The second kappa shape index (κ2) is 10.2. The van der Waals surface area contributed by atoms with Crippen molar-refractivity contribution >= 4 is 32.3 Å². The molecule has 0 aromatic heterocycles. The molecule has 0 fully saturated rings. The molecule has 0 nitrogen and oxygen atoms in total. The Morgan fingerprint density at radius 3 is 1.38 bits per heavy atom. The van der Waals surface area contributed by atoms with Crippen molar-refractivity contribution in [3.8, 4) is 44.5 Å². The summed E-state index contributed by atoms with van der Waals surface area (Å²) in [5.74, 6) is 0. The van der Waals surface area contributed by atoms with Crippen LogP contribution in [0.2, 0.25) is 0 Å². The SMILES string of the molecule is c1ccc(-c2c3ccccc3c(-c3ccccc3)c3cc(-c4ccc(-c5cccc6ccccc56)cc4)ccc23)cc1. The molecular formula is C42H28. The first-order chi connectivity index (χ1) is 20.8. The van der Waals surface area contributed by atoms with Crippen LogP contribution in [0.25, 0.3) is 76.8 Å². The lowest BCUT2D eigenvalue weighted by atomic mass is 9.85. The number of rotatable bonds is 4. The van der Waals surface area contributed by atoms with E-state index in [1.54, 1.807) is 0 Å². The molecule has 0 aliphatic rings. The monoisotopic (exact) mass is 532 g/mol. The Balaban J connectivity index is 1.35. The van der Waals surface area contributed by atoms with Crippen molar-refractivity contribution in [1.29, 1.82) is 0 Å². The van der Waals surface area contributed by atoms with Gasteiger partial charge in [-0.25, -0.2) is 0 Å². The average Bonchev–Trinajstić information content (AvgIpc) is 3.07. The molecule has 8 aromatic carbocycles. The summed E-state index contributed by atoms with van der Waals surface area (Å²) in [6.07, 6.45) is 0. The topological polar surface area (TPSA) is 0 Å². The predicted octanol–water partition coefficient (Wildman–Crippen LogP) is 11.8. The molecule has 0 radical (unpaired) electrons. The van der Waals surface area contributed by atoms with Gasteiger partial charge in [-0.3, -0.25) is 0 Å². The van der Waals surface area contributed by atoms with Crippen molar-refractivity contribution in [2.24, 2.45) is 0 Å². The number of hydrogen-bond donors (Lipinski definition) is 0. The molecule has 0 bridgehead atoms. The zero-order chi connectivity index (χ0) is 27.9. The van der Waals surface area contributed by atoms with Crippen LogP contribution in [-0.4, -0.2) is 0 Å². The second-order valence-electron chi connectivity index (χ2n) is 10.9. The normalized spacial score (nSPS) is 11.3. The van der Waals surface area contributed by atoms with Crippen molar-refractivity contribution in [3.63, 3.8) is 0 Å². The van der Waals surface area contributed by atoms with E-state index in [-0.39, 0.29) is 0 Å². The van der Waals surface area contributed by atoms with Gasteiger partial charge in [0.2, 0.25) is 0 Å². The molecule has 0 amide bonds. The van der Waals surface area contributed by atoms with Gasteiger partial charge in [0.1, 0.15) is 0 Å². The first kappa shape index (κ1) is 24.3. The quantitative estimate of drug-likeness (QED) is 0.198. The Labute approximate surface area is 246 Å². The van der Waals surface area contributed by atoms with Crippen LogP contribution in [-0.2, 0) is 0 Å². The van der Waals surface area contributed by atoms with Crippen molar-refractivity contribution in [1.82, 2.24) is 0 Å². The summed E-state index contributed by atoms with van der Waals surface area (Å²) in [7, 11) is 0. The molecule has 42 heavy (non-hydrogen) atoms. The van der Waals surface area contributed by atoms with E-state index in [1.165, 1.54) is 76.8 Å². The maximum absolute atomic E-state index is 2.39. The Hall–Kier alpha value is -5.46. The summed E-state index contributed by atoms with van der Waals surface area (Å²) in [6.45, 7) is 0. The Morgan fingerprint density at radius 1 is 0.238 bits per heavy atom. The first-order valence-corrected chi connectivity index (χ1v) is 14.5. The smallest absolute Gasteiger partial charge is 0.00262 e. The van der Waals surface area contributed by atoms with Crippen LogP contribution in [0.4, 0.5) is 0 Å². The minimum atomic E-state index is 1.22. The van der Waals surface area contributed by atoms with Crippen molar-refractivity contribution in [3.05, 3.63) is 170 Å². The van der Waals surface area contributed by atoms with E-state index in [2.05, 4.69) is 170 Å². The average molecular weight is 533 g/mol. The molecule has 8 aromatic rings. The Bertz CT molecular complexity index is 2200. The van der Waals surface area contributed by atoms with Gasteiger partial charge in [0.05, 0.1) is 0 Å². The summed E-state index contributed by atoms with van der Waals surface area (Å²) in [5.41, 5.74) is 10.00. The minimum Gasteiger partial charge on any atom is -0.0622 e. The maximum Gasteiger partial charge on any atom is -0.00262 e. The zero-order valence-electron chi connectivity index (χ0n) is 23.2. The molecule has 0 unspecified atom stereocenters. The van der Waals surface area contributed by atoms with Gasteiger partial charge in [-0.05, 0) is 82.9 Å². The lowest BCUT2D eigenvalue weighted by Gasteiger charge is -2.18. The maximum atomic E-state index is 2.39.